The van der Waals surface area contributed by atoms with E-state index in [1.54, 1.807) is 24.3 Å². The van der Waals surface area contributed by atoms with E-state index in [0.717, 1.165) is 18.4 Å². The minimum absolute atomic E-state index is 0.0294. The number of allylic oxidation sites excluding steroid dienone is 1. The maximum Gasteiger partial charge on any atom is 0.307 e. The van der Waals surface area contributed by atoms with Gasteiger partial charge in [-0.3, -0.25) is 14.4 Å². The zero-order valence-electron chi connectivity index (χ0n) is 22.6. The predicted molar refractivity (Wildman–Crippen MR) is 142 cm³/mol. The number of fused-ring (bicyclic) bond motifs is 5. The summed E-state index contributed by atoms with van der Waals surface area (Å²) in [5.41, 5.74) is -1.74. The maximum absolute atomic E-state index is 13.4. The number of ether oxygens (including phenoxy) is 1. The first-order chi connectivity index (χ1) is 18.4. The monoisotopic (exact) mass is 558 g/mol. The highest BCUT2D eigenvalue weighted by atomic mass is 32.2. The first kappa shape index (κ1) is 28.2. The molecule has 8 nitrogen and oxygen atoms in total. The molecule has 3 fully saturated rings. The lowest BCUT2D eigenvalue weighted by atomic mass is 9.45. The second kappa shape index (κ2) is 9.93. The lowest BCUT2D eigenvalue weighted by Crippen LogP contribution is -2.63. The summed E-state index contributed by atoms with van der Waals surface area (Å²) in [6.45, 7) is 3.21. The molecular formula is C30H38O8S. The van der Waals surface area contributed by atoms with Crippen LogP contribution in [0.4, 0.5) is 0 Å². The van der Waals surface area contributed by atoms with Gasteiger partial charge < -0.3 is 14.9 Å². The number of carbonyl (C=O) groups excluding carboxylic acids is 3. The van der Waals surface area contributed by atoms with Crippen LogP contribution in [0.2, 0.25) is 0 Å². The molecule has 0 aromatic heterocycles. The van der Waals surface area contributed by atoms with Crippen LogP contribution in [0, 0.1) is 28.6 Å². The number of benzene rings is 1. The average Bonchev–Trinajstić information content (AvgIpc) is 3.19. The van der Waals surface area contributed by atoms with Crippen LogP contribution >= 0.6 is 0 Å². The third kappa shape index (κ3) is 4.41. The highest BCUT2D eigenvalue weighted by molar-refractivity contribution is 7.91. The molecule has 0 bridgehead atoms. The van der Waals surface area contributed by atoms with Crippen molar-refractivity contribution in [1.82, 2.24) is 0 Å². The van der Waals surface area contributed by atoms with Crippen LogP contribution in [-0.4, -0.2) is 60.2 Å². The van der Waals surface area contributed by atoms with E-state index in [4.69, 9.17) is 4.74 Å². The summed E-state index contributed by atoms with van der Waals surface area (Å²) in [5.74, 6) is -1.78. The number of ketones is 2. The molecule has 0 saturated heterocycles. The van der Waals surface area contributed by atoms with E-state index in [1.165, 1.54) is 12.1 Å². The van der Waals surface area contributed by atoms with Gasteiger partial charge in [-0.2, -0.15) is 0 Å². The van der Waals surface area contributed by atoms with Crippen LogP contribution in [0.15, 0.2) is 46.9 Å². The van der Waals surface area contributed by atoms with Gasteiger partial charge in [0.2, 0.25) is 5.78 Å². The summed E-state index contributed by atoms with van der Waals surface area (Å²) in [6.07, 6.45) is 4.26. The van der Waals surface area contributed by atoms with Crippen LogP contribution in [0.25, 0.3) is 0 Å². The van der Waals surface area contributed by atoms with Crippen molar-refractivity contribution in [3.8, 4) is 0 Å². The minimum atomic E-state index is -3.72. The number of aliphatic hydroxyl groups excluding tert-OH is 2. The van der Waals surface area contributed by atoms with Gasteiger partial charge in [-0.1, -0.05) is 37.6 Å². The molecule has 1 aromatic rings. The predicted octanol–water partition coefficient (Wildman–Crippen LogP) is 3.20. The van der Waals surface area contributed by atoms with Crippen LogP contribution in [-0.2, 0) is 29.0 Å². The fourth-order valence-electron chi connectivity index (χ4n) is 8.69. The molecule has 39 heavy (non-hydrogen) atoms. The first-order valence-electron chi connectivity index (χ1n) is 13.9. The van der Waals surface area contributed by atoms with Gasteiger partial charge in [0.05, 0.1) is 23.2 Å². The van der Waals surface area contributed by atoms with Crippen LogP contribution < -0.4 is 0 Å². The third-order valence-corrected chi connectivity index (χ3v) is 12.3. The van der Waals surface area contributed by atoms with E-state index in [1.807, 2.05) is 6.92 Å². The number of rotatable bonds is 7. The summed E-state index contributed by atoms with van der Waals surface area (Å²) in [7, 11) is -3.72. The Morgan fingerprint density at radius 1 is 1.08 bits per heavy atom. The molecule has 0 amide bonds. The second-order valence-corrected chi connectivity index (χ2v) is 14.5. The molecule has 212 valence electrons. The molecule has 3 saturated carbocycles. The van der Waals surface area contributed by atoms with E-state index in [-0.39, 0.29) is 46.7 Å². The highest BCUT2D eigenvalue weighted by Crippen LogP contribution is 2.68. The Morgan fingerprint density at radius 3 is 2.49 bits per heavy atom. The van der Waals surface area contributed by atoms with Gasteiger partial charge in [0, 0.05) is 11.8 Å². The largest absolute Gasteiger partial charge is 0.450 e. The summed E-state index contributed by atoms with van der Waals surface area (Å²) in [5, 5.41) is 21.6. The molecule has 0 heterocycles. The van der Waals surface area contributed by atoms with Gasteiger partial charge in [0.25, 0.3) is 0 Å². The fraction of sp³-hybridized carbons (Fsp3) is 0.633. The van der Waals surface area contributed by atoms with Crippen molar-refractivity contribution in [2.24, 2.45) is 28.6 Å². The smallest absolute Gasteiger partial charge is 0.307 e. The summed E-state index contributed by atoms with van der Waals surface area (Å²) in [6, 6.07) is 7.85. The molecule has 7 atom stereocenters. The Balaban J connectivity index is 1.41. The molecule has 2 unspecified atom stereocenters. The van der Waals surface area contributed by atoms with Crippen molar-refractivity contribution in [1.29, 1.82) is 0 Å². The van der Waals surface area contributed by atoms with Crippen molar-refractivity contribution >= 4 is 27.4 Å². The van der Waals surface area contributed by atoms with Crippen LogP contribution in [0.3, 0.4) is 0 Å². The van der Waals surface area contributed by atoms with Gasteiger partial charge in [-0.25, -0.2) is 8.42 Å². The van der Waals surface area contributed by atoms with Gasteiger partial charge in [0.1, 0.15) is 6.61 Å². The number of Topliss-reactive ketones (excluding diaryl/α,β-unsaturated/α-hetero) is 1. The Kier molecular flexibility index (Phi) is 7.17. The molecule has 1 aromatic carbocycles. The zero-order valence-corrected chi connectivity index (χ0v) is 23.4. The standard InChI is InChI=1S/C30H38O8S/c1-28-13-10-20(32)16-19(28)8-9-22-23-11-14-30(25(34)18-31,29(23,2)17-24(33)27(22)28)38-26(35)12-15-39(36,37)21-6-4-3-5-7-21/h3-7,16,22-24,27,31,33H,8-15,17-18H2,1-2H3/t22-,23-,24?,27+,28-,29?,30-/m0/s1. The average molecular weight is 559 g/mol. The molecule has 2 N–H and O–H groups in total. The molecule has 0 spiro atoms. The zero-order chi connectivity index (χ0) is 28.2. The topological polar surface area (TPSA) is 135 Å². The van der Waals surface area contributed by atoms with Crippen molar-refractivity contribution < 1.29 is 37.8 Å². The second-order valence-electron chi connectivity index (χ2n) is 12.4. The lowest BCUT2D eigenvalue weighted by Gasteiger charge is -2.60. The fourth-order valence-corrected chi connectivity index (χ4v) is 9.94. The number of aliphatic hydroxyl groups is 2. The molecule has 9 heteroatoms. The number of carbonyl (C=O) groups is 3. The summed E-state index contributed by atoms with van der Waals surface area (Å²) >= 11 is 0. The van der Waals surface area contributed by atoms with E-state index < -0.39 is 57.5 Å². The molecular weight excluding hydrogens is 520 g/mol. The lowest BCUT2D eigenvalue weighted by molar-refractivity contribution is -0.202. The van der Waals surface area contributed by atoms with Crippen LogP contribution in [0.1, 0.15) is 65.2 Å². The normalized spacial score (nSPS) is 37.7. The quantitative estimate of drug-likeness (QED) is 0.487. The maximum atomic E-state index is 13.4. The van der Waals surface area contributed by atoms with E-state index in [9.17, 15) is 33.0 Å². The summed E-state index contributed by atoms with van der Waals surface area (Å²) in [4.78, 5) is 38.8. The SMILES string of the molecule is CC12CC(O)[C@H]3[C@@H](CCC4=CC(=O)CC[C@@]43C)[C@@H]1CC[C@]2(OC(=O)CCS(=O)(=O)c1ccccc1)C(=O)CO. The minimum Gasteiger partial charge on any atom is -0.450 e. The Morgan fingerprint density at radius 2 is 1.79 bits per heavy atom. The van der Waals surface area contributed by atoms with E-state index in [2.05, 4.69) is 6.92 Å². The van der Waals surface area contributed by atoms with Gasteiger partial charge in [-0.05, 0) is 79.9 Å². The van der Waals surface area contributed by atoms with E-state index in [0.29, 0.717) is 19.3 Å². The van der Waals surface area contributed by atoms with Crippen LogP contribution in [0.5, 0.6) is 0 Å². The molecule has 5 rings (SSSR count). The third-order valence-electron chi connectivity index (χ3n) is 10.6. The molecule has 4 aliphatic carbocycles. The van der Waals surface area contributed by atoms with E-state index >= 15 is 0 Å². The Hall–Kier alpha value is -2.36. The molecule has 0 radical (unpaired) electrons. The highest BCUT2D eigenvalue weighted by Gasteiger charge is 2.70. The Bertz CT molecular complexity index is 1300. The van der Waals surface area contributed by atoms with Crippen molar-refractivity contribution in [2.45, 2.75) is 81.8 Å². The first-order valence-corrected chi connectivity index (χ1v) is 15.6. The van der Waals surface area contributed by atoms with Crippen molar-refractivity contribution in [3.63, 3.8) is 0 Å². The Labute approximate surface area is 229 Å². The number of hydrogen-bond acceptors (Lipinski definition) is 8. The number of sulfone groups is 1. The number of esters is 1. The van der Waals surface area contributed by atoms with Crippen molar-refractivity contribution in [2.75, 3.05) is 12.4 Å². The summed E-state index contributed by atoms with van der Waals surface area (Å²) < 4.78 is 31.4. The van der Waals surface area contributed by atoms with Gasteiger partial charge >= 0.3 is 5.97 Å². The van der Waals surface area contributed by atoms with Gasteiger partial charge in [-0.15, -0.1) is 0 Å². The molecule has 4 aliphatic rings. The molecule has 0 aliphatic heterocycles. The van der Waals surface area contributed by atoms with Gasteiger partial charge in [0.15, 0.2) is 21.2 Å². The number of hydrogen-bond donors (Lipinski definition) is 2. The van der Waals surface area contributed by atoms with Crippen molar-refractivity contribution in [3.05, 3.63) is 42.0 Å².